The Morgan fingerprint density at radius 2 is 2.20 bits per heavy atom. The van der Waals surface area contributed by atoms with Crippen LogP contribution in [0, 0.1) is 0 Å². The van der Waals surface area contributed by atoms with Crippen LogP contribution in [0.3, 0.4) is 0 Å². The number of nitrogens with zero attached hydrogens (tertiary/aromatic N) is 1. The molecule has 20 heavy (non-hydrogen) atoms. The molecule has 1 heterocycles. The van der Waals surface area contributed by atoms with Crippen LogP contribution in [-0.2, 0) is 11.3 Å². The van der Waals surface area contributed by atoms with Crippen molar-refractivity contribution in [3.63, 3.8) is 0 Å². The highest BCUT2D eigenvalue weighted by Gasteiger charge is 2.00. The van der Waals surface area contributed by atoms with E-state index in [-0.39, 0.29) is 0 Å². The van der Waals surface area contributed by atoms with Gasteiger partial charge in [0.05, 0.1) is 0 Å². The minimum atomic E-state index is -0.392. The van der Waals surface area contributed by atoms with E-state index >= 15 is 0 Å². The van der Waals surface area contributed by atoms with Crippen LogP contribution in [0.25, 0.3) is 6.08 Å². The second-order valence-corrected chi connectivity index (χ2v) is 4.98. The normalized spacial score (nSPS) is 10.6. The smallest absolute Gasteiger partial charge is 0.407 e. The maximum atomic E-state index is 11.4. The van der Waals surface area contributed by atoms with Crippen LogP contribution in [0.4, 0.5) is 4.79 Å². The summed E-state index contributed by atoms with van der Waals surface area (Å²) in [5, 5.41) is 5.60. The number of carbonyl (C=O) groups is 1. The van der Waals surface area contributed by atoms with Gasteiger partial charge in [-0.25, -0.2) is 9.78 Å². The second kappa shape index (κ2) is 8.12. The summed E-state index contributed by atoms with van der Waals surface area (Å²) in [5.41, 5.74) is 0.978. The number of ether oxygens (including phenoxy) is 1. The van der Waals surface area contributed by atoms with Crippen LogP contribution in [-0.4, -0.2) is 17.6 Å². The predicted molar refractivity (Wildman–Crippen MR) is 80.4 cm³/mol. The van der Waals surface area contributed by atoms with Gasteiger partial charge in [-0.2, -0.15) is 0 Å². The number of amides is 1. The summed E-state index contributed by atoms with van der Waals surface area (Å²) in [5.74, 6) is 0. The highest BCUT2D eigenvalue weighted by molar-refractivity contribution is 7.10. The molecule has 0 aliphatic rings. The Morgan fingerprint density at radius 3 is 2.95 bits per heavy atom. The highest BCUT2D eigenvalue weighted by Crippen LogP contribution is 2.06. The number of aromatic nitrogens is 1. The lowest BCUT2D eigenvalue weighted by Crippen LogP contribution is -2.24. The van der Waals surface area contributed by atoms with Crippen molar-refractivity contribution in [3.8, 4) is 0 Å². The van der Waals surface area contributed by atoms with Gasteiger partial charge in [-0.05, 0) is 18.1 Å². The average Bonchev–Trinajstić information content (AvgIpc) is 2.99. The molecule has 0 saturated heterocycles. The Hall–Kier alpha value is -2.14. The Labute approximate surface area is 122 Å². The van der Waals surface area contributed by atoms with Crippen LogP contribution < -0.4 is 5.32 Å². The fourth-order valence-corrected chi connectivity index (χ4v) is 2.09. The first-order valence-electron chi connectivity index (χ1n) is 6.35. The molecular weight excluding hydrogens is 272 g/mol. The minimum Gasteiger partial charge on any atom is -0.445 e. The van der Waals surface area contributed by atoms with Crippen molar-refractivity contribution in [1.29, 1.82) is 0 Å². The number of hydrogen-bond acceptors (Lipinski definition) is 4. The maximum absolute atomic E-state index is 11.4. The van der Waals surface area contributed by atoms with Gasteiger partial charge in [0.2, 0.25) is 0 Å². The summed E-state index contributed by atoms with van der Waals surface area (Å²) in [7, 11) is 0. The van der Waals surface area contributed by atoms with Crippen LogP contribution >= 0.6 is 11.3 Å². The molecule has 104 valence electrons. The molecule has 1 amide bonds. The zero-order chi connectivity index (χ0) is 14.0. The van der Waals surface area contributed by atoms with Gasteiger partial charge in [-0.1, -0.05) is 36.4 Å². The average molecular weight is 288 g/mol. The second-order valence-electron chi connectivity index (χ2n) is 4.05. The topological polar surface area (TPSA) is 51.2 Å². The van der Waals surface area contributed by atoms with Gasteiger partial charge >= 0.3 is 6.09 Å². The molecule has 0 spiro atoms. The number of benzene rings is 1. The molecule has 2 rings (SSSR count). The first-order valence-corrected chi connectivity index (χ1v) is 7.23. The lowest BCUT2D eigenvalue weighted by molar-refractivity contribution is 0.140. The molecule has 1 N–H and O–H groups in total. The van der Waals surface area contributed by atoms with E-state index in [1.165, 1.54) is 0 Å². The molecule has 1 aromatic heterocycles. The maximum Gasteiger partial charge on any atom is 0.407 e. The monoisotopic (exact) mass is 288 g/mol. The summed E-state index contributed by atoms with van der Waals surface area (Å²) in [6.07, 6.45) is 6.05. The molecule has 0 fully saturated rings. The van der Waals surface area contributed by atoms with Gasteiger partial charge in [-0.3, -0.25) is 0 Å². The number of rotatable bonds is 6. The quantitative estimate of drug-likeness (QED) is 0.828. The largest absolute Gasteiger partial charge is 0.445 e. The van der Waals surface area contributed by atoms with Gasteiger partial charge in [0.15, 0.2) is 0 Å². The minimum absolute atomic E-state index is 0.293. The summed E-state index contributed by atoms with van der Waals surface area (Å²) in [6, 6.07) is 9.60. The van der Waals surface area contributed by atoms with Crippen molar-refractivity contribution >= 4 is 23.5 Å². The van der Waals surface area contributed by atoms with Crippen LogP contribution in [0.1, 0.15) is 17.0 Å². The van der Waals surface area contributed by atoms with Gasteiger partial charge in [0, 0.05) is 18.1 Å². The molecule has 0 unspecified atom stereocenters. The molecule has 5 heteroatoms. The number of alkyl carbamates (subject to hydrolysis) is 1. The van der Waals surface area contributed by atoms with E-state index in [4.69, 9.17) is 4.74 Å². The third-order valence-electron chi connectivity index (χ3n) is 2.50. The van der Waals surface area contributed by atoms with Crippen molar-refractivity contribution in [1.82, 2.24) is 10.3 Å². The summed E-state index contributed by atoms with van der Waals surface area (Å²) in [6.45, 7) is 0.844. The summed E-state index contributed by atoms with van der Waals surface area (Å²) >= 11 is 1.58. The number of nitrogens with one attached hydrogen (secondary N) is 1. The van der Waals surface area contributed by atoms with E-state index in [2.05, 4.69) is 10.3 Å². The summed E-state index contributed by atoms with van der Waals surface area (Å²) < 4.78 is 5.10. The molecule has 0 bridgehead atoms. The first kappa shape index (κ1) is 14.3. The van der Waals surface area contributed by atoms with Gasteiger partial charge < -0.3 is 10.1 Å². The number of hydrogen-bond donors (Lipinski definition) is 1. The Bertz CT molecular complexity index is 538. The highest BCUT2D eigenvalue weighted by atomic mass is 32.1. The van der Waals surface area contributed by atoms with E-state index in [0.717, 1.165) is 17.0 Å². The van der Waals surface area contributed by atoms with E-state index < -0.39 is 6.09 Å². The van der Waals surface area contributed by atoms with Gasteiger partial charge in [-0.15, -0.1) is 11.3 Å². The Balaban J connectivity index is 1.58. The zero-order valence-electron chi connectivity index (χ0n) is 11.0. The molecule has 0 aliphatic heterocycles. The lowest BCUT2D eigenvalue weighted by atomic mass is 10.2. The van der Waals surface area contributed by atoms with Crippen molar-refractivity contribution in [2.24, 2.45) is 0 Å². The first-order chi connectivity index (χ1) is 9.84. The van der Waals surface area contributed by atoms with Crippen molar-refractivity contribution in [2.45, 2.75) is 13.0 Å². The summed E-state index contributed by atoms with van der Waals surface area (Å²) in [4.78, 5) is 15.6. The van der Waals surface area contributed by atoms with Gasteiger partial charge in [0.1, 0.15) is 11.6 Å². The Morgan fingerprint density at radius 1 is 1.35 bits per heavy atom. The van der Waals surface area contributed by atoms with Crippen molar-refractivity contribution in [2.75, 3.05) is 6.54 Å². The third-order valence-corrected chi connectivity index (χ3v) is 3.25. The fourth-order valence-electron chi connectivity index (χ4n) is 1.53. The molecule has 0 saturated carbocycles. The van der Waals surface area contributed by atoms with E-state index in [9.17, 15) is 4.79 Å². The van der Waals surface area contributed by atoms with Crippen LogP contribution in [0.5, 0.6) is 0 Å². The predicted octanol–water partition coefficient (Wildman–Crippen LogP) is 3.47. The van der Waals surface area contributed by atoms with Crippen LogP contribution in [0.2, 0.25) is 0 Å². The van der Waals surface area contributed by atoms with Crippen molar-refractivity contribution in [3.05, 3.63) is 58.6 Å². The van der Waals surface area contributed by atoms with E-state index in [0.29, 0.717) is 13.2 Å². The van der Waals surface area contributed by atoms with E-state index in [1.807, 2.05) is 47.9 Å². The standard InChI is InChI=1S/C15H16N2O2S/c18-15(19-12-13-6-2-1-3-7-13)17-9-5-4-8-14-16-10-11-20-14/h1-4,6-8,10-11H,5,9,12H2,(H,17,18). The third kappa shape index (κ3) is 5.24. The van der Waals surface area contributed by atoms with Gasteiger partial charge in [0.25, 0.3) is 0 Å². The number of thiazole rings is 1. The molecule has 2 aromatic rings. The van der Waals surface area contributed by atoms with E-state index in [1.54, 1.807) is 17.5 Å². The molecular formula is C15H16N2O2S. The molecule has 0 aliphatic carbocycles. The molecule has 1 aromatic carbocycles. The lowest BCUT2D eigenvalue weighted by Gasteiger charge is -2.05. The molecule has 0 radical (unpaired) electrons. The fraction of sp³-hybridized carbons (Fsp3) is 0.200. The Kier molecular flexibility index (Phi) is 5.79. The molecule has 4 nitrogen and oxygen atoms in total. The zero-order valence-corrected chi connectivity index (χ0v) is 11.8. The van der Waals surface area contributed by atoms with Crippen LogP contribution in [0.15, 0.2) is 48.0 Å². The van der Waals surface area contributed by atoms with Crippen molar-refractivity contribution < 1.29 is 9.53 Å². The SMILES string of the molecule is O=C(NCCC=Cc1nccs1)OCc1ccccc1. The number of carbonyl (C=O) groups excluding carboxylic acids is 1. The molecule has 0 atom stereocenters.